The molecule has 0 spiro atoms. The number of benzene rings is 5. The summed E-state index contributed by atoms with van der Waals surface area (Å²) in [6.07, 6.45) is 1.36. The van der Waals surface area contributed by atoms with Gasteiger partial charge < -0.3 is 14.2 Å². The van der Waals surface area contributed by atoms with Gasteiger partial charge in [0.25, 0.3) is 11.8 Å². The molecular formula is C38H29Cl3N2O6. The molecule has 1 aliphatic rings. The maximum atomic E-state index is 13.6. The number of fused-ring (bicyclic) bond motifs is 1. The van der Waals surface area contributed by atoms with Gasteiger partial charge in [0.05, 0.1) is 17.3 Å². The highest BCUT2D eigenvalue weighted by Crippen LogP contribution is 2.39. The Morgan fingerprint density at radius 3 is 2.33 bits per heavy atom. The summed E-state index contributed by atoms with van der Waals surface area (Å²) >= 11 is 18.9. The van der Waals surface area contributed by atoms with Gasteiger partial charge in [-0.3, -0.25) is 14.9 Å². The van der Waals surface area contributed by atoms with E-state index < -0.39 is 17.8 Å². The minimum atomic E-state index is -0.880. The highest BCUT2D eigenvalue weighted by atomic mass is 35.5. The molecule has 6 rings (SSSR count). The Morgan fingerprint density at radius 1 is 0.796 bits per heavy atom. The second-order valence-corrected chi connectivity index (χ2v) is 12.4. The van der Waals surface area contributed by atoms with Crippen molar-refractivity contribution >= 4 is 75.2 Å². The lowest BCUT2D eigenvalue weighted by molar-refractivity contribution is -0.122. The zero-order valence-electron chi connectivity index (χ0n) is 26.4. The number of imide groups is 2. The van der Waals surface area contributed by atoms with Crippen LogP contribution < -0.4 is 24.4 Å². The summed E-state index contributed by atoms with van der Waals surface area (Å²) in [6, 6.07) is 25.9. The standard InChI is InChI=1S/C38H29Cl3N2O6/c1-3-47-34-18-23(17-33(41)35(34)49-21-31-22(2)8-9-24-6-4-5-7-29(24)31)16-30-36(44)42-38(46)43(37(30)45)27-12-14-28(15-13-27)48-20-25-10-11-26(39)19-32(25)40/h4-19H,3,20-21H2,1-2H3,(H,42,44,46)/b30-16+. The van der Waals surface area contributed by atoms with E-state index in [1.807, 2.05) is 44.2 Å². The van der Waals surface area contributed by atoms with Crippen molar-refractivity contribution < 1.29 is 28.6 Å². The van der Waals surface area contributed by atoms with Crippen LogP contribution in [-0.4, -0.2) is 24.5 Å². The number of carbonyl (C=O) groups is 3. The summed E-state index contributed by atoms with van der Waals surface area (Å²) in [4.78, 5) is 40.2. The molecule has 0 saturated carbocycles. The van der Waals surface area contributed by atoms with Crippen molar-refractivity contribution in [1.82, 2.24) is 5.32 Å². The number of halogens is 3. The number of ether oxygens (including phenoxy) is 3. The molecule has 49 heavy (non-hydrogen) atoms. The van der Waals surface area contributed by atoms with Crippen LogP contribution in [0.4, 0.5) is 10.5 Å². The molecule has 8 nitrogen and oxygen atoms in total. The summed E-state index contributed by atoms with van der Waals surface area (Å²) < 4.78 is 17.9. The Balaban J connectivity index is 1.23. The quantitative estimate of drug-likeness (QED) is 0.114. The molecular weight excluding hydrogens is 687 g/mol. The number of hydrogen-bond acceptors (Lipinski definition) is 6. The van der Waals surface area contributed by atoms with Crippen molar-refractivity contribution in [2.24, 2.45) is 0 Å². The SMILES string of the molecule is CCOc1cc(/C=C2\C(=O)NC(=O)N(c3ccc(OCc4ccc(Cl)cc4Cl)cc3)C2=O)cc(Cl)c1OCc1c(C)ccc2ccccc12. The van der Waals surface area contributed by atoms with Gasteiger partial charge >= 0.3 is 6.03 Å². The second kappa shape index (κ2) is 14.6. The van der Waals surface area contributed by atoms with E-state index in [9.17, 15) is 14.4 Å². The molecule has 0 aliphatic carbocycles. The fourth-order valence-electron chi connectivity index (χ4n) is 5.41. The van der Waals surface area contributed by atoms with Crippen molar-refractivity contribution in [2.45, 2.75) is 27.1 Å². The van der Waals surface area contributed by atoms with Gasteiger partial charge in [-0.1, -0.05) is 77.3 Å². The first-order valence-corrected chi connectivity index (χ1v) is 16.4. The van der Waals surface area contributed by atoms with Gasteiger partial charge in [-0.25, -0.2) is 9.69 Å². The van der Waals surface area contributed by atoms with Crippen molar-refractivity contribution in [2.75, 3.05) is 11.5 Å². The number of amides is 4. The molecule has 248 valence electrons. The average Bonchev–Trinajstić information content (AvgIpc) is 3.07. The van der Waals surface area contributed by atoms with Crippen molar-refractivity contribution in [3.63, 3.8) is 0 Å². The minimum Gasteiger partial charge on any atom is -0.490 e. The Kier molecular flexibility index (Phi) is 10.1. The summed E-state index contributed by atoms with van der Waals surface area (Å²) in [5, 5.41) is 5.61. The van der Waals surface area contributed by atoms with Gasteiger partial charge in [0.2, 0.25) is 0 Å². The molecule has 1 fully saturated rings. The number of aryl methyl sites for hydroxylation is 1. The number of nitrogens with zero attached hydrogens (tertiary/aromatic N) is 1. The van der Waals surface area contributed by atoms with Crippen molar-refractivity contribution in [3.05, 3.63) is 134 Å². The maximum absolute atomic E-state index is 13.6. The van der Waals surface area contributed by atoms with E-state index in [0.717, 1.165) is 32.4 Å². The van der Waals surface area contributed by atoms with Gasteiger partial charge in [0.15, 0.2) is 11.5 Å². The lowest BCUT2D eigenvalue weighted by atomic mass is 10.0. The predicted molar refractivity (Wildman–Crippen MR) is 192 cm³/mol. The lowest BCUT2D eigenvalue weighted by Gasteiger charge is -2.26. The lowest BCUT2D eigenvalue weighted by Crippen LogP contribution is -2.54. The molecule has 0 atom stereocenters. The van der Waals surface area contributed by atoms with Crippen LogP contribution in [0.2, 0.25) is 15.1 Å². The molecule has 0 bridgehead atoms. The molecule has 5 aromatic rings. The predicted octanol–water partition coefficient (Wildman–Crippen LogP) is 9.33. The molecule has 11 heteroatoms. The van der Waals surface area contributed by atoms with E-state index in [0.29, 0.717) is 39.5 Å². The van der Waals surface area contributed by atoms with Gasteiger partial charge in [0, 0.05) is 21.2 Å². The first-order valence-electron chi connectivity index (χ1n) is 15.3. The van der Waals surface area contributed by atoms with Crippen LogP contribution in [-0.2, 0) is 22.8 Å². The maximum Gasteiger partial charge on any atom is 0.335 e. The van der Waals surface area contributed by atoms with Crippen LogP contribution in [0.3, 0.4) is 0 Å². The first kappa shape index (κ1) is 33.9. The third kappa shape index (κ3) is 7.37. The summed E-state index contributed by atoms with van der Waals surface area (Å²) in [7, 11) is 0. The van der Waals surface area contributed by atoms with Gasteiger partial charge in [-0.2, -0.15) is 0 Å². The molecule has 1 aliphatic heterocycles. The Morgan fingerprint density at radius 2 is 1.57 bits per heavy atom. The van der Waals surface area contributed by atoms with Crippen LogP contribution in [0.1, 0.15) is 29.2 Å². The highest BCUT2D eigenvalue weighted by molar-refractivity contribution is 6.39. The number of urea groups is 1. The second-order valence-electron chi connectivity index (χ2n) is 11.1. The largest absolute Gasteiger partial charge is 0.490 e. The van der Waals surface area contributed by atoms with Gasteiger partial charge in [0.1, 0.15) is 24.5 Å². The smallest absolute Gasteiger partial charge is 0.335 e. The van der Waals surface area contributed by atoms with E-state index in [2.05, 4.69) is 11.4 Å². The molecule has 0 unspecified atom stereocenters. The topological polar surface area (TPSA) is 94.2 Å². The number of rotatable bonds is 10. The van der Waals surface area contributed by atoms with Crippen LogP contribution in [0.25, 0.3) is 16.8 Å². The zero-order chi connectivity index (χ0) is 34.7. The number of carbonyl (C=O) groups excluding carboxylic acids is 3. The van der Waals surface area contributed by atoms with E-state index in [1.165, 1.54) is 18.2 Å². The Labute approximate surface area is 297 Å². The zero-order valence-corrected chi connectivity index (χ0v) is 28.7. The Bertz CT molecular complexity index is 2130. The average molecular weight is 716 g/mol. The molecule has 4 amide bonds. The fraction of sp³-hybridized carbons (Fsp3) is 0.132. The van der Waals surface area contributed by atoms with E-state index in [1.54, 1.807) is 42.5 Å². The highest BCUT2D eigenvalue weighted by Gasteiger charge is 2.37. The van der Waals surface area contributed by atoms with Crippen LogP contribution in [0.5, 0.6) is 17.2 Å². The van der Waals surface area contributed by atoms with Crippen LogP contribution in [0.15, 0.2) is 96.6 Å². The van der Waals surface area contributed by atoms with E-state index in [-0.39, 0.29) is 29.5 Å². The Hall–Kier alpha value is -5.02. The first-order chi connectivity index (χ1) is 23.6. The summed E-state index contributed by atoms with van der Waals surface area (Å²) in [5.41, 5.74) is 3.19. The molecule has 1 N–H and O–H groups in total. The number of nitrogens with one attached hydrogen (secondary N) is 1. The molecule has 1 heterocycles. The fourth-order valence-corrected chi connectivity index (χ4v) is 6.14. The van der Waals surface area contributed by atoms with Gasteiger partial charge in [-0.05, 0) is 90.4 Å². The van der Waals surface area contributed by atoms with E-state index in [4.69, 9.17) is 49.0 Å². The molecule has 1 saturated heterocycles. The summed E-state index contributed by atoms with van der Waals surface area (Å²) in [6.45, 7) is 4.58. The third-order valence-corrected chi connectivity index (χ3v) is 8.75. The van der Waals surface area contributed by atoms with Crippen molar-refractivity contribution in [3.8, 4) is 17.2 Å². The normalized spacial score (nSPS) is 13.9. The van der Waals surface area contributed by atoms with Gasteiger partial charge in [-0.15, -0.1) is 0 Å². The third-order valence-electron chi connectivity index (χ3n) is 7.88. The number of hydrogen-bond donors (Lipinski definition) is 1. The minimum absolute atomic E-state index is 0.179. The van der Waals surface area contributed by atoms with Crippen molar-refractivity contribution in [1.29, 1.82) is 0 Å². The molecule has 5 aromatic carbocycles. The van der Waals surface area contributed by atoms with E-state index >= 15 is 0 Å². The van der Waals surface area contributed by atoms with Crippen LogP contribution in [0, 0.1) is 6.92 Å². The number of barbiturate groups is 1. The monoisotopic (exact) mass is 714 g/mol. The summed E-state index contributed by atoms with van der Waals surface area (Å²) in [5.74, 6) is -0.507. The number of anilines is 1. The van der Waals surface area contributed by atoms with Crippen LogP contribution >= 0.6 is 34.8 Å². The molecule has 0 aromatic heterocycles. The molecule has 0 radical (unpaired) electrons.